The first-order valence-electron chi connectivity index (χ1n) is 3.80. The topological polar surface area (TPSA) is 56.0 Å². The monoisotopic (exact) mass is 164 g/mol. The quantitative estimate of drug-likeness (QED) is 0.708. The fourth-order valence-electron chi connectivity index (χ4n) is 0.871. The number of hydrogen-bond donors (Lipinski definition) is 1. The van der Waals surface area contributed by atoms with Gasteiger partial charge < -0.3 is 5.73 Å². The molecule has 0 aromatic carbocycles. The van der Waals surface area contributed by atoms with Crippen molar-refractivity contribution in [3.05, 3.63) is 29.6 Å². The molecule has 0 aliphatic carbocycles. The first-order valence-corrected chi connectivity index (χ1v) is 3.80. The van der Waals surface area contributed by atoms with Crippen LogP contribution in [0, 0.1) is 6.92 Å². The van der Waals surface area contributed by atoms with E-state index < -0.39 is 6.04 Å². The van der Waals surface area contributed by atoms with Gasteiger partial charge in [0.05, 0.1) is 5.69 Å². The number of nitrogens with two attached hydrogens (primary N) is 1. The lowest BCUT2D eigenvalue weighted by molar-refractivity contribution is -0.118. The predicted molar refractivity (Wildman–Crippen MR) is 46.6 cm³/mol. The Labute approximate surface area is 71.6 Å². The zero-order valence-electron chi connectivity index (χ0n) is 7.24. The minimum Gasteiger partial charge on any atom is -0.317 e. The Hall–Kier alpha value is -1.22. The van der Waals surface area contributed by atoms with Crippen LogP contribution in [-0.4, -0.2) is 10.8 Å². The van der Waals surface area contributed by atoms with E-state index in [1.165, 1.54) is 6.92 Å². The normalized spacial score (nSPS) is 12.6. The molecule has 0 aliphatic rings. The van der Waals surface area contributed by atoms with Crippen LogP contribution in [-0.2, 0) is 4.79 Å². The van der Waals surface area contributed by atoms with Crippen LogP contribution >= 0.6 is 0 Å². The molecule has 0 saturated heterocycles. The Morgan fingerprint density at radius 2 is 2.25 bits per heavy atom. The number of hydrogen-bond acceptors (Lipinski definition) is 3. The molecule has 0 spiro atoms. The maximum atomic E-state index is 10.9. The third-order valence-corrected chi connectivity index (χ3v) is 1.69. The Bertz CT molecular complexity index is 279. The summed E-state index contributed by atoms with van der Waals surface area (Å²) < 4.78 is 0. The number of Topliss-reactive ketones (excluding diaryl/α,β-unsaturated/α-hetero) is 1. The van der Waals surface area contributed by atoms with Crippen LogP contribution in [0.5, 0.6) is 0 Å². The molecular weight excluding hydrogens is 152 g/mol. The molecule has 1 heterocycles. The van der Waals surface area contributed by atoms with Crippen molar-refractivity contribution >= 4 is 5.78 Å². The first kappa shape index (κ1) is 8.87. The Balaban J connectivity index is 2.89. The minimum absolute atomic E-state index is 0.0636. The van der Waals surface area contributed by atoms with Crippen molar-refractivity contribution in [3.8, 4) is 0 Å². The van der Waals surface area contributed by atoms with Gasteiger partial charge in [-0.2, -0.15) is 0 Å². The number of aryl methyl sites for hydroxylation is 1. The highest BCUT2D eigenvalue weighted by atomic mass is 16.1. The van der Waals surface area contributed by atoms with Gasteiger partial charge in [-0.15, -0.1) is 0 Å². The molecule has 12 heavy (non-hydrogen) atoms. The molecule has 0 bridgehead atoms. The summed E-state index contributed by atoms with van der Waals surface area (Å²) >= 11 is 0. The summed E-state index contributed by atoms with van der Waals surface area (Å²) in [5.41, 5.74) is 7.27. The molecule has 0 amide bonds. The largest absolute Gasteiger partial charge is 0.317 e. The molecule has 0 fully saturated rings. The summed E-state index contributed by atoms with van der Waals surface area (Å²) in [6, 6.07) is 3.09. The van der Waals surface area contributed by atoms with Crippen molar-refractivity contribution in [3.63, 3.8) is 0 Å². The van der Waals surface area contributed by atoms with Crippen molar-refractivity contribution in [2.75, 3.05) is 0 Å². The molecule has 0 radical (unpaired) electrons. The van der Waals surface area contributed by atoms with Gasteiger partial charge in [0.1, 0.15) is 6.04 Å². The summed E-state index contributed by atoms with van der Waals surface area (Å²) in [7, 11) is 0. The zero-order chi connectivity index (χ0) is 9.14. The molecule has 1 atom stereocenters. The van der Waals surface area contributed by atoms with Gasteiger partial charge in [0.2, 0.25) is 0 Å². The number of pyridine rings is 1. The molecule has 0 aliphatic heterocycles. The van der Waals surface area contributed by atoms with Crippen LogP contribution in [0.2, 0.25) is 0 Å². The van der Waals surface area contributed by atoms with Crippen molar-refractivity contribution in [2.24, 2.45) is 5.73 Å². The Kier molecular flexibility index (Phi) is 2.55. The van der Waals surface area contributed by atoms with E-state index in [1.54, 1.807) is 12.3 Å². The average Bonchev–Trinajstić information content (AvgIpc) is 2.04. The Morgan fingerprint density at radius 1 is 1.58 bits per heavy atom. The Morgan fingerprint density at radius 3 is 2.67 bits per heavy atom. The number of carbonyl (C=O) groups excluding carboxylic acids is 1. The number of aromatic nitrogens is 1. The van der Waals surface area contributed by atoms with Gasteiger partial charge in [-0.05, 0) is 25.5 Å². The first-order chi connectivity index (χ1) is 5.61. The van der Waals surface area contributed by atoms with Crippen LogP contribution < -0.4 is 5.73 Å². The van der Waals surface area contributed by atoms with E-state index in [-0.39, 0.29) is 5.78 Å². The highest BCUT2D eigenvalue weighted by Crippen LogP contribution is 2.07. The highest BCUT2D eigenvalue weighted by molar-refractivity contribution is 5.82. The third-order valence-electron chi connectivity index (χ3n) is 1.69. The fourth-order valence-corrected chi connectivity index (χ4v) is 0.871. The third kappa shape index (κ3) is 1.89. The molecule has 1 aromatic heterocycles. The SMILES string of the molecule is CC(=O)C(N)c1ccc(C)cn1. The molecule has 64 valence electrons. The number of ketones is 1. The second-order valence-corrected chi connectivity index (χ2v) is 2.85. The fraction of sp³-hybridized carbons (Fsp3) is 0.333. The molecule has 3 nitrogen and oxygen atoms in total. The summed E-state index contributed by atoms with van der Waals surface area (Å²) in [5, 5.41) is 0. The van der Waals surface area contributed by atoms with E-state index in [9.17, 15) is 4.79 Å². The second kappa shape index (κ2) is 3.45. The standard InChI is InChI=1S/C9H12N2O/c1-6-3-4-8(11-5-6)9(10)7(2)12/h3-5,9H,10H2,1-2H3. The average molecular weight is 164 g/mol. The van der Waals surface area contributed by atoms with E-state index in [1.807, 2.05) is 13.0 Å². The van der Waals surface area contributed by atoms with Crippen LogP contribution in [0.25, 0.3) is 0 Å². The molecule has 0 saturated carbocycles. The molecular formula is C9H12N2O. The summed E-state index contributed by atoms with van der Waals surface area (Å²) in [4.78, 5) is 14.9. The second-order valence-electron chi connectivity index (χ2n) is 2.85. The summed E-state index contributed by atoms with van der Waals surface area (Å²) in [6.07, 6.45) is 1.71. The lowest BCUT2D eigenvalue weighted by Gasteiger charge is -2.06. The van der Waals surface area contributed by atoms with Crippen molar-refractivity contribution < 1.29 is 4.79 Å². The maximum Gasteiger partial charge on any atom is 0.152 e. The van der Waals surface area contributed by atoms with Gasteiger partial charge in [0.25, 0.3) is 0 Å². The number of carbonyl (C=O) groups is 1. The van der Waals surface area contributed by atoms with Gasteiger partial charge in [-0.25, -0.2) is 0 Å². The maximum absolute atomic E-state index is 10.9. The molecule has 1 aromatic rings. The lowest BCUT2D eigenvalue weighted by atomic mass is 10.1. The smallest absolute Gasteiger partial charge is 0.152 e. The van der Waals surface area contributed by atoms with Gasteiger partial charge >= 0.3 is 0 Å². The molecule has 2 N–H and O–H groups in total. The van der Waals surface area contributed by atoms with E-state index in [0.717, 1.165) is 5.56 Å². The van der Waals surface area contributed by atoms with Crippen LogP contribution in [0.3, 0.4) is 0 Å². The van der Waals surface area contributed by atoms with Crippen molar-refractivity contribution in [1.82, 2.24) is 4.98 Å². The summed E-state index contributed by atoms with van der Waals surface area (Å²) in [6.45, 7) is 3.41. The van der Waals surface area contributed by atoms with Crippen LogP contribution in [0.1, 0.15) is 24.2 Å². The van der Waals surface area contributed by atoms with Gasteiger partial charge in [-0.3, -0.25) is 9.78 Å². The van der Waals surface area contributed by atoms with E-state index in [2.05, 4.69) is 4.98 Å². The lowest BCUT2D eigenvalue weighted by Crippen LogP contribution is -2.19. The number of nitrogens with zero attached hydrogens (tertiary/aromatic N) is 1. The van der Waals surface area contributed by atoms with Crippen molar-refractivity contribution in [1.29, 1.82) is 0 Å². The molecule has 3 heteroatoms. The highest BCUT2D eigenvalue weighted by Gasteiger charge is 2.11. The van der Waals surface area contributed by atoms with Crippen LogP contribution in [0.4, 0.5) is 0 Å². The molecule has 1 unspecified atom stereocenters. The van der Waals surface area contributed by atoms with E-state index in [0.29, 0.717) is 5.69 Å². The van der Waals surface area contributed by atoms with E-state index in [4.69, 9.17) is 5.73 Å². The summed E-state index contributed by atoms with van der Waals surface area (Å²) in [5.74, 6) is -0.0636. The van der Waals surface area contributed by atoms with Gasteiger partial charge in [0.15, 0.2) is 5.78 Å². The zero-order valence-corrected chi connectivity index (χ0v) is 7.24. The predicted octanol–water partition coefficient (Wildman–Crippen LogP) is 0.979. The molecule has 1 rings (SSSR count). The van der Waals surface area contributed by atoms with E-state index >= 15 is 0 Å². The minimum atomic E-state index is -0.578. The van der Waals surface area contributed by atoms with Gasteiger partial charge in [0, 0.05) is 6.20 Å². The van der Waals surface area contributed by atoms with Crippen LogP contribution in [0.15, 0.2) is 18.3 Å². The number of rotatable bonds is 2. The van der Waals surface area contributed by atoms with Gasteiger partial charge in [-0.1, -0.05) is 6.07 Å². The van der Waals surface area contributed by atoms with Crippen molar-refractivity contribution in [2.45, 2.75) is 19.9 Å².